The second-order valence-corrected chi connectivity index (χ2v) is 33.9. The van der Waals surface area contributed by atoms with Gasteiger partial charge in [-0.15, -0.1) is 37.2 Å². The van der Waals surface area contributed by atoms with E-state index in [2.05, 4.69) is 85.1 Å². The maximum Gasteiger partial charge on any atom is 0.329 e. The van der Waals surface area contributed by atoms with Gasteiger partial charge in [0.15, 0.2) is 34.5 Å². The second kappa shape index (κ2) is 56.5. The molecule has 17 rings (SSSR count). The lowest BCUT2D eigenvalue weighted by atomic mass is 10.00. The van der Waals surface area contributed by atoms with E-state index in [4.69, 9.17) is 44.0 Å². The number of aliphatic imine (C=N–C) groups is 2. The van der Waals surface area contributed by atoms with E-state index in [9.17, 15) is 68.2 Å². The van der Waals surface area contributed by atoms with Crippen molar-refractivity contribution in [3.8, 4) is 34.5 Å². The summed E-state index contributed by atoms with van der Waals surface area (Å²) in [6.45, 7) is 1.96. The molecule has 10 aromatic rings. The lowest BCUT2D eigenvalue weighted by Gasteiger charge is -2.33. The molecule has 7 aromatic heterocycles. The van der Waals surface area contributed by atoms with Crippen molar-refractivity contribution in [3.63, 3.8) is 0 Å². The van der Waals surface area contributed by atoms with Gasteiger partial charge in [-0.25, -0.2) is 39.7 Å². The van der Waals surface area contributed by atoms with E-state index in [-0.39, 0.29) is 145 Å². The standard InChI is InChI=1S/C18H20N4O7.C17H18N4O6.C17H18N4O3.C9H13N3O2.C9H15N3O2.C9H14N2O2.C8H11N3O2.C8H13N3O2.3ClH/c1-20-9-19-11-6-13(18(24)29-4)21(8-14(11)20)17(23)10-5-15(27-2)16(28-3)7-12(10)22(25)26;1-19-9-18-12-4-10(8-22)20(7-14(12)19)17(23)11-5-15(26-2)16(27-3)6-13(11)21(24)25;1-20-9-19-13-4-10-7-18-12-6-16(24-3)15(23-2)5-11(12)17(22)21(10)8-14(13)20;1-12-5-11-6-3-7(9(13)14-2)10-4-8(6)12;1-10-8(9(13)14-3)4-7-5-12(2)6-11-7;1-10-8(9(12)13-2)5-7-3-4-11-6-7;1-11-4-10-5-2-6(8(12)13)9-3-7(5)11;1-11-4-6(10-5-11)3-7(9)8(12)13-2;;;/h5,7,9,13H,6,8H2,1-4H3;5-6,8-10H,4,7H2,1-3H3;5-7,9-10H,4,8H2,1-3H3;5,7,10H,3-4H2,1-2H3;5-6,8,10H,4H2,1-3H3;4,6,8,10H,3,5H2,1-2H3;4,6,9H,2-3H2,1H3,(H,12,13);4-5,7H,3,9H2,1-2H3;3*1H/t13-;2*10-;7-;2*8-;6-;7-;;;/m00000000.../s1. The predicted molar refractivity (Wildman–Crippen MR) is 546 cm³/mol. The SMILES string of the molecule is CN[C@@H](CC1=CN=CC1)C(=O)OC.CN[C@@H](Cc1cn(C)cn1)C(=O)OC.COC(=O)[C@@H](N)Cc1cn(C)cn1.COC(=O)[C@@H]1Cc2ncn(C)c2CN1.COC(=O)[C@@H]1Cc2ncn(C)c2CN1C(=O)c1cc(OC)c(OC)cc1[N+](=O)[O-].COc1cc(C(=O)N2Cc3c(ncn3C)C[C@H]2C=O)c([N+](=O)[O-])cc1OC.COc1cc2c(cc1OC)C(=O)N1Cc3c(ncn3C)C[C@H]1C=N2.Cl.Cl.Cl.Cn1cnc2c1CN[C@H](C(=O)O)C2. The fraction of sp³-hybridized carbons (Fsp3) is 0.442. The van der Waals surface area contributed by atoms with Crippen LogP contribution in [-0.2, 0) is 184 Å². The molecule has 0 saturated carbocycles. The van der Waals surface area contributed by atoms with Crippen molar-refractivity contribution in [3.05, 3.63) is 210 Å². The Kier molecular flexibility index (Phi) is 45.7. The number of methoxy groups -OCH3 is 11. The van der Waals surface area contributed by atoms with Crippen LogP contribution in [0.3, 0.4) is 0 Å². The number of amides is 3. The summed E-state index contributed by atoms with van der Waals surface area (Å²) in [6.07, 6.45) is 26.3. The van der Waals surface area contributed by atoms with Crippen LogP contribution < -0.4 is 55.4 Å². The number of nitro benzene ring substituents is 2. The van der Waals surface area contributed by atoms with Crippen LogP contribution in [0.25, 0.3) is 0 Å². The van der Waals surface area contributed by atoms with E-state index in [0.717, 1.165) is 86.8 Å². The predicted octanol–water partition coefficient (Wildman–Crippen LogP) is 3.99. The molecule has 150 heavy (non-hydrogen) atoms. The Hall–Kier alpha value is -15.6. The van der Waals surface area contributed by atoms with Crippen molar-refractivity contribution in [1.82, 2.24) is 103 Å². The van der Waals surface area contributed by atoms with Crippen LogP contribution in [0.2, 0.25) is 0 Å². The number of aldehydes is 1. The number of carboxylic acids is 1. The number of carboxylic acid groups (broad SMARTS) is 1. The molecule has 0 radical (unpaired) electrons. The topological polar surface area (TPSA) is 612 Å². The average molecular weight is 2150 g/mol. The third kappa shape index (κ3) is 29.7. The highest BCUT2D eigenvalue weighted by molar-refractivity contribution is 6.04. The van der Waals surface area contributed by atoms with Crippen LogP contribution >= 0.6 is 37.2 Å². The highest BCUT2D eigenvalue weighted by Crippen LogP contribution is 2.41. The zero-order valence-corrected chi connectivity index (χ0v) is 88.8. The number of nitrogens with two attached hydrogens (primary N) is 1. The van der Waals surface area contributed by atoms with Gasteiger partial charge in [-0.2, -0.15) is 0 Å². The first-order valence-corrected chi connectivity index (χ1v) is 45.6. The average Bonchev–Trinajstić information content (AvgIpc) is 1.50. The highest BCUT2D eigenvalue weighted by Gasteiger charge is 2.43. The van der Waals surface area contributed by atoms with Gasteiger partial charge in [-0.05, 0) is 32.2 Å². The highest BCUT2D eigenvalue weighted by atomic mass is 35.5. The Morgan fingerprint density at radius 1 is 0.493 bits per heavy atom. The minimum atomic E-state index is -0.956. The number of ether oxygens (including phenoxy) is 11. The number of hydrogen-bond donors (Lipinski definition) is 6. The minimum Gasteiger partial charge on any atom is -0.493 e. The number of nitro groups is 2. The molecule has 3 amide bonds. The monoisotopic (exact) mass is 2150 g/mol. The Morgan fingerprint density at radius 2 is 0.900 bits per heavy atom. The van der Waals surface area contributed by atoms with Crippen LogP contribution in [-0.4, -0.2) is 309 Å². The van der Waals surface area contributed by atoms with E-state index in [1.165, 1.54) is 85.9 Å². The molecule has 0 spiro atoms. The number of nitrogens with zero attached hydrogens (tertiary/aromatic N) is 21. The first-order valence-electron chi connectivity index (χ1n) is 45.6. The van der Waals surface area contributed by atoms with Gasteiger partial charge < -0.3 is 125 Å². The van der Waals surface area contributed by atoms with Gasteiger partial charge in [0.25, 0.3) is 29.1 Å². The molecular weight excluding hydrogens is 2030 g/mol. The van der Waals surface area contributed by atoms with Crippen molar-refractivity contribution in [2.24, 2.45) is 65.1 Å². The molecular formula is C95H125Cl3N26O26. The van der Waals surface area contributed by atoms with Crippen LogP contribution in [0.5, 0.6) is 34.5 Å². The zero-order chi connectivity index (χ0) is 107. The summed E-state index contributed by atoms with van der Waals surface area (Å²) >= 11 is 0. The van der Waals surface area contributed by atoms with E-state index in [1.807, 2.05) is 83.2 Å². The molecule has 3 aromatic carbocycles. The quantitative estimate of drug-likeness (QED) is 0.0155. The molecule has 0 saturated heterocycles. The zero-order valence-electron chi connectivity index (χ0n) is 86.3. The number of halogens is 3. The van der Waals surface area contributed by atoms with Gasteiger partial charge in [0.05, 0.1) is 256 Å². The molecule has 7 aliphatic heterocycles. The number of carbonyl (C=O) groups excluding carboxylic acids is 9. The summed E-state index contributed by atoms with van der Waals surface area (Å²) in [4.78, 5) is 183. The van der Waals surface area contributed by atoms with Gasteiger partial charge in [-0.1, -0.05) is 0 Å². The Balaban J connectivity index is 0.000000236. The molecule has 0 bridgehead atoms. The van der Waals surface area contributed by atoms with Crippen molar-refractivity contribution in [2.45, 2.75) is 139 Å². The van der Waals surface area contributed by atoms with Crippen LogP contribution in [0.1, 0.15) is 112 Å². The first-order chi connectivity index (χ1) is 70.3. The summed E-state index contributed by atoms with van der Waals surface area (Å²) in [5, 5.41) is 43.7. The molecule has 0 unspecified atom stereocenters. The molecule has 0 aliphatic carbocycles. The smallest absolute Gasteiger partial charge is 0.329 e. The van der Waals surface area contributed by atoms with Gasteiger partial charge in [0, 0.05) is 163 Å². The molecule has 0 fully saturated rings. The number of fused-ring (bicyclic) bond motifs is 7. The fourth-order valence-electron chi connectivity index (χ4n) is 16.5. The van der Waals surface area contributed by atoms with E-state index < -0.39 is 75.1 Å². The Bertz CT molecular complexity index is 6510. The van der Waals surface area contributed by atoms with Crippen LogP contribution in [0.4, 0.5) is 17.1 Å². The summed E-state index contributed by atoms with van der Waals surface area (Å²) in [5.74, 6) is -2.25. The maximum absolute atomic E-state index is 13.4. The summed E-state index contributed by atoms with van der Waals surface area (Å²) in [5.41, 5.74) is 17.4. The molecule has 7 N–H and O–H groups in total. The number of aliphatic carboxylic acids is 1. The largest absolute Gasteiger partial charge is 0.493 e. The number of nitrogens with one attached hydrogen (secondary N) is 4. The van der Waals surface area contributed by atoms with Crippen molar-refractivity contribution in [2.75, 3.05) is 92.3 Å². The third-order valence-electron chi connectivity index (χ3n) is 24.8. The van der Waals surface area contributed by atoms with E-state index >= 15 is 0 Å². The van der Waals surface area contributed by atoms with Gasteiger partial charge in [0.1, 0.15) is 53.7 Å². The van der Waals surface area contributed by atoms with Crippen molar-refractivity contribution in [1.29, 1.82) is 0 Å². The normalized spacial score (nSPS) is 16.2. The molecule has 55 heteroatoms. The number of carbonyl (C=O) groups is 10. The molecule has 52 nitrogen and oxygen atoms in total. The number of aryl methyl sites for hydroxylation is 7. The summed E-state index contributed by atoms with van der Waals surface area (Å²) in [7, 11) is 31.8. The lowest BCUT2D eigenvalue weighted by molar-refractivity contribution is -0.385. The second-order valence-electron chi connectivity index (χ2n) is 33.9. The van der Waals surface area contributed by atoms with Crippen LogP contribution in [0, 0.1) is 20.2 Å². The van der Waals surface area contributed by atoms with Gasteiger partial charge in [0.2, 0.25) is 0 Å². The maximum atomic E-state index is 13.4. The molecule has 7 aliphatic rings. The van der Waals surface area contributed by atoms with E-state index in [0.29, 0.717) is 92.9 Å². The van der Waals surface area contributed by atoms with Crippen molar-refractivity contribution >= 4 is 127 Å². The van der Waals surface area contributed by atoms with Crippen molar-refractivity contribution < 1.29 is 115 Å². The number of aromatic nitrogens is 14. The summed E-state index contributed by atoms with van der Waals surface area (Å²) < 4.78 is 67.5. The molecule has 8 atom stereocenters. The first kappa shape index (κ1) is 121. The van der Waals surface area contributed by atoms with E-state index in [1.54, 1.807) is 119 Å². The molecule has 14 heterocycles. The van der Waals surface area contributed by atoms with Gasteiger partial charge in [-0.3, -0.25) is 79.2 Å². The number of likely N-dealkylation sites (N-methyl/N-ethyl adjacent to an activating group) is 2. The minimum absolute atomic E-state index is 0. The fourth-order valence-corrected chi connectivity index (χ4v) is 16.5. The van der Waals surface area contributed by atoms with Crippen LogP contribution in [0.15, 0.2) is 115 Å². The molecule has 812 valence electrons. The number of hydrogen-bond acceptors (Lipinski definition) is 39. The lowest BCUT2D eigenvalue weighted by Crippen LogP contribution is -2.49. The van der Waals surface area contributed by atoms with Gasteiger partial charge >= 0.3 is 35.8 Å². The summed E-state index contributed by atoms with van der Waals surface area (Å²) in [6, 6.07) is 4.48. The Morgan fingerprint density at radius 3 is 1.33 bits per heavy atom. The number of rotatable bonds is 25. The third-order valence-corrected chi connectivity index (χ3v) is 24.8. The Labute approximate surface area is 880 Å². The number of esters is 5. The number of benzene rings is 3. The number of imidazole rings is 7.